The van der Waals surface area contributed by atoms with Crippen LogP contribution in [-0.4, -0.2) is 36.7 Å². The van der Waals surface area contributed by atoms with Crippen molar-refractivity contribution in [2.75, 3.05) is 18.1 Å². The van der Waals surface area contributed by atoms with E-state index in [1.54, 1.807) is 76.2 Å². The fourth-order valence-electron chi connectivity index (χ4n) is 4.49. The van der Waals surface area contributed by atoms with Crippen molar-refractivity contribution in [2.24, 2.45) is 0 Å². The van der Waals surface area contributed by atoms with Gasteiger partial charge in [0.15, 0.2) is 5.75 Å². The number of halogens is 1. The molecule has 0 heterocycles. The van der Waals surface area contributed by atoms with E-state index in [-0.39, 0.29) is 32.0 Å². The number of anilines is 1. The summed E-state index contributed by atoms with van der Waals surface area (Å²) in [5.74, 6) is 0.0441. The number of benzene rings is 4. The first-order valence-electron chi connectivity index (χ1n) is 14.7. The SMILES string of the molecule is CCOC(=O)CCN(C(=O)c1ccc(-c2ccccc2)cc1)c1ccc(Cl)cc1Oc1cccc(CNC(=O)OC(C)(C)C)c1. The molecule has 0 aliphatic heterocycles. The molecule has 0 atom stereocenters. The Hall–Kier alpha value is -4.82. The third kappa shape index (κ3) is 9.84. The lowest BCUT2D eigenvalue weighted by atomic mass is 10.0. The first kappa shape index (κ1) is 33.1. The normalized spacial score (nSPS) is 11.0. The lowest BCUT2D eigenvalue weighted by molar-refractivity contribution is -0.142. The van der Waals surface area contributed by atoms with Crippen molar-refractivity contribution in [1.29, 1.82) is 0 Å². The predicted octanol–water partition coefficient (Wildman–Crippen LogP) is 8.42. The fourth-order valence-corrected chi connectivity index (χ4v) is 4.65. The van der Waals surface area contributed by atoms with Crippen LogP contribution in [0, 0.1) is 0 Å². The largest absolute Gasteiger partial charge is 0.466 e. The van der Waals surface area contributed by atoms with Crippen molar-refractivity contribution in [3.63, 3.8) is 0 Å². The summed E-state index contributed by atoms with van der Waals surface area (Å²) in [6.45, 7) is 7.63. The molecule has 0 aliphatic carbocycles. The molecule has 4 aromatic carbocycles. The number of nitrogens with zero attached hydrogens (tertiary/aromatic N) is 1. The minimum Gasteiger partial charge on any atom is -0.466 e. The summed E-state index contributed by atoms with van der Waals surface area (Å²) < 4.78 is 16.7. The molecule has 0 bridgehead atoms. The topological polar surface area (TPSA) is 94.2 Å². The van der Waals surface area contributed by atoms with Crippen molar-refractivity contribution >= 4 is 35.3 Å². The molecule has 4 aromatic rings. The molecule has 0 aromatic heterocycles. The number of alkyl carbamates (subject to hydrolysis) is 1. The van der Waals surface area contributed by atoms with E-state index in [0.29, 0.717) is 27.8 Å². The Kier molecular flexibility index (Phi) is 11.2. The van der Waals surface area contributed by atoms with Gasteiger partial charge < -0.3 is 24.4 Å². The van der Waals surface area contributed by atoms with Crippen molar-refractivity contribution < 1.29 is 28.6 Å². The van der Waals surface area contributed by atoms with Crippen molar-refractivity contribution in [3.8, 4) is 22.6 Å². The highest BCUT2D eigenvalue weighted by atomic mass is 35.5. The maximum Gasteiger partial charge on any atom is 0.407 e. The summed E-state index contributed by atoms with van der Waals surface area (Å²) in [5, 5.41) is 3.14. The van der Waals surface area contributed by atoms with Gasteiger partial charge in [-0.2, -0.15) is 0 Å². The van der Waals surface area contributed by atoms with Gasteiger partial charge in [-0.15, -0.1) is 0 Å². The standard InChI is InChI=1S/C36H37ClN2O6/c1-5-43-33(40)20-21-39(34(41)28-16-14-27(15-17-28)26-11-7-6-8-12-26)31-19-18-29(37)23-32(31)44-30-13-9-10-25(22-30)24-38-35(42)45-36(2,3)4/h6-19,22-23H,5,20-21,24H2,1-4H3,(H,38,42). The monoisotopic (exact) mass is 628 g/mol. The van der Waals surface area contributed by atoms with E-state index in [2.05, 4.69) is 5.32 Å². The number of hydrogen-bond donors (Lipinski definition) is 1. The summed E-state index contributed by atoms with van der Waals surface area (Å²) in [4.78, 5) is 40.0. The van der Waals surface area contributed by atoms with E-state index in [0.717, 1.165) is 16.7 Å². The maximum absolute atomic E-state index is 14.0. The zero-order valence-electron chi connectivity index (χ0n) is 25.8. The first-order chi connectivity index (χ1) is 21.5. The second-order valence-electron chi connectivity index (χ2n) is 11.2. The number of amides is 2. The van der Waals surface area contributed by atoms with Crippen LogP contribution < -0.4 is 15.0 Å². The van der Waals surface area contributed by atoms with Gasteiger partial charge in [0.2, 0.25) is 0 Å². The Bertz CT molecular complexity index is 1620. The van der Waals surface area contributed by atoms with Crippen LogP contribution in [0.25, 0.3) is 11.1 Å². The average Bonchev–Trinajstić information content (AvgIpc) is 3.01. The van der Waals surface area contributed by atoms with Gasteiger partial charge in [0, 0.05) is 29.7 Å². The van der Waals surface area contributed by atoms with Gasteiger partial charge in [-0.3, -0.25) is 9.59 Å². The molecular formula is C36H37ClN2O6. The Balaban J connectivity index is 1.61. The Morgan fingerprint density at radius 1 is 0.844 bits per heavy atom. The summed E-state index contributed by atoms with van der Waals surface area (Å²) in [6.07, 6.45) is -0.547. The second kappa shape index (κ2) is 15.3. The van der Waals surface area contributed by atoms with Gasteiger partial charge >= 0.3 is 12.1 Å². The second-order valence-corrected chi connectivity index (χ2v) is 11.6. The van der Waals surface area contributed by atoms with Gasteiger partial charge in [0.1, 0.15) is 11.4 Å². The van der Waals surface area contributed by atoms with Crippen LogP contribution in [0.4, 0.5) is 10.5 Å². The van der Waals surface area contributed by atoms with E-state index in [1.165, 1.54) is 4.90 Å². The molecule has 234 valence electrons. The lowest BCUT2D eigenvalue weighted by Gasteiger charge is -2.25. The molecule has 0 saturated carbocycles. The average molecular weight is 629 g/mol. The van der Waals surface area contributed by atoms with Crippen LogP contribution in [-0.2, 0) is 20.8 Å². The van der Waals surface area contributed by atoms with E-state index in [1.807, 2.05) is 48.5 Å². The third-order valence-corrected chi connectivity index (χ3v) is 6.74. The molecule has 0 saturated heterocycles. The summed E-state index contributed by atoms with van der Waals surface area (Å²) in [7, 11) is 0. The molecular weight excluding hydrogens is 592 g/mol. The maximum atomic E-state index is 14.0. The smallest absolute Gasteiger partial charge is 0.407 e. The van der Waals surface area contributed by atoms with Crippen LogP contribution >= 0.6 is 11.6 Å². The van der Waals surface area contributed by atoms with E-state index in [4.69, 9.17) is 25.8 Å². The molecule has 4 rings (SSSR count). The van der Waals surface area contributed by atoms with Crippen LogP contribution in [0.2, 0.25) is 5.02 Å². The zero-order chi connectivity index (χ0) is 32.4. The lowest BCUT2D eigenvalue weighted by Crippen LogP contribution is -2.33. The molecule has 0 spiro atoms. The summed E-state index contributed by atoms with van der Waals surface area (Å²) in [6, 6.07) is 29.3. The van der Waals surface area contributed by atoms with Crippen LogP contribution in [0.15, 0.2) is 97.1 Å². The van der Waals surface area contributed by atoms with E-state index in [9.17, 15) is 14.4 Å². The summed E-state index contributed by atoms with van der Waals surface area (Å²) >= 11 is 6.38. The number of rotatable bonds is 11. The molecule has 1 N–H and O–H groups in total. The van der Waals surface area contributed by atoms with Gasteiger partial charge in [-0.1, -0.05) is 66.2 Å². The quantitative estimate of drug-likeness (QED) is 0.168. The number of carbonyl (C=O) groups excluding carboxylic acids is 3. The molecule has 45 heavy (non-hydrogen) atoms. The Morgan fingerprint density at radius 3 is 2.24 bits per heavy atom. The number of carbonyl (C=O) groups is 3. The summed E-state index contributed by atoms with van der Waals surface area (Å²) in [5.41, 5.74) is 3.04. The molecule has 8 nitrogen and oxygen atoms in total. The van der Waals surface area contributed by atoms with Crippen LogP contribution in [0.3, 0.4) is 0 Å². The van der Waals surface area contributed by atoms with Gasteiger partial charge in [-0.05, 0) is 80.8 Å². The first-order valence-corrected chi connectivity index (χ1v) is 15.1. The highest BCUT2D eigenvalue weighted by Crippen LogP contribution is 2.36. The number of ether oxygens (including phenoxy) is 3. The van der Waals surface area contributed by atoms with Crippen molar-refractivity contribution in [2.45, 2.75) is 46.3 Å². The number of hydrogen-bond acceptors (Lipinski definition) is 6. The molecule has 0 fully saturated rings. The highest BCUT2D eigenvalue weighted by Gasteiger charge is 2.23. The number of esters is 1. The predicted molar refractivity (Wildman–Crippen MR) is 176 cm³/mol. The molecule has 0 unspecified atom stereocenters. The van der Waals surface area contributed by atoms with Gasteiger partial charge in [0.05, 0.1) is 18.7 Å². The third-order valence-electron chi connectivity index (χ3n) is 6.50. The van der Waals surface area contributed by atoms with Crippen molar-refractivity contribution in [1.82, 2.24) is 5.32 Å². The Morgan fingerprint density at radius 2 is 1.56 bits per heavy atom. The van der Waals surface area contributed by atoms with E-state index < -0.39 is 17.7 Å². The van der Waals surface area contributed by atoms with Gasteiger partial charge in [0.25, 0.3) is 5.91 Å². The minimum absolute atomic E-state index is 0.0183. The van der Waals surface area contributed by atoms with Crippen LogP contribution in [0.1, 0.15) is 50.0 Å². The van der Waals surface area contributed by atoms with Gasteiger partial charge in [-0.25, -0.2) is 4.79 Å². The van der Waals surface area contributed by atoms with Crippen LogP contribution in [0.5, 0.6) is 11.5 Å². The minimum atomic E-state index is -0.613. The molecule has 9 heteroatoms. The molecule has 2 amide bonds. The van der Waals surface area contributed by atoms with Crippen molar-refractivity contribution in [3.05, 3.63) is 113 Å². The van der Waals surface area contributed by atoms with E-state index >= 15 is 0 Å². The molecule has 0 aliphatic rings. The highest BCUT2D eigenvalue weighted by molar-refractivity contribution is 6.30. The Labute approximate surface area is 268 Å². The molecule has 0 radical (unpaired) electrons. The number of nitrogens with one attached hydrogen (secondary N) is 1. The fraction of sp³-hybridized carbons (Fsp3) is 0.250. The zero-order valence-corrected chi connectivity index (χ0v) is 26.6.